The molecule has 0 spiro atoms. The number of carbonyl (C=O) groups is 1. The first-order valence-corrected chi connectivity index (χ1v) is 12.7. The van der Waals surface area contributed by atoms with Crippen LogP contribution in [0.15, 0.2) is 53.5 Å². The van der Waals surface area contributed by atoms with E-state index in [-0.39, 0.29) is 29.1 Å². The topological polar surface area (TPSA) is 105 Å². The molecular formula is C28H32N6O3. The normalized spacial score (nSPS) is 14.2. The standard InChI is InChI=1S/C28H32N6O3/c1-19-7-6-15-33-25(19)31-26-23(28(33)36)17-22(27(35)30-12-16-32-13-4-3-5-14-32)24(29)34(26)18-20-8-10-21(37-2)11-9-20/h6-11,15,17,29H,3-5,12-14,16,18H2,1-2H3,(H,30,35). The van der Waals surface area contributed by atoms with Crippen LogP contribution in [0.2, 0.25) is 0 Å². The van der Waals surface area contributed by atoms with Crippen LogP contribution in [0.25, 0.3) is 16.7 Å². The monoisotopic (exact) mass is 500 g/mol. The number of hydrogen-bond donors (Lipinski definition) is 2. The lowest BCUT2D eigenvalue weighted by molar-refractivity contribution is 0.0944. The smallest absolute Gasteiger partial charge is 0.267 e. The number of nitrogens with zero attached hydrogens (tertiary/aromatic N) is 4. The third kappa shape index (κ3) is 4.99. The van der Waals surface area contributed by atoms with E-state index >= 15 is 0 Å². The van der Waals surface area contributed by atoms with Crippen molar-refractivity contribution in [3.63, 3.8) is 0 Å². The zero-order valence-corrected chi connectivity index (χ0v) is 21.3. The van der Waals surface area contributed by atoms with Gasteiger partial charge < -0.3 is 19.5 Å². The number of fused-ring (bicyclic) bond motifs is 2. The maximum absolute atomic E-state index is 13.5. The molecule has 192 valence electrons. The molecule has 1 amide bonds. The highest BCUT2D eigenvalue weighted by Gasteiger charge is 2.19. The predicted octanol–water partition coefficient (Wildman–Crippen LogP) is 2.71. The summed E-state index contributed by atoms with van der Waals surface area (Å²) >= 11 is 0. The molecule has 9 heteroatoms. The Labute approximate surface area is 214 Å². The molecule has 0 aliphatic carbocycles. The first-order valence-electron chi connectivity index (χ1n) is 12.7. The Kier molecular flexibility index (Phi) is 7.05. The predicted molar refractivity (Wildman–Crippen MR) is 142 cm³/mol. The molecule has 3 aromatic heterocycles. The number of carbonyl (C=O) groups excluding carboxylic acids is 1. The van der Waals surface area contributed by atoms with Gasteiger partial charge >= 0.3 is 0 Å². The van der Waals surface area contributed by atoms with Crippen LogP contribution in [0.1, 0.15) is 40.7 Å². The number of likely N-dealkylation sites (tertiary alicyclic amines) is 1. The summed E-state index contributed by atoms with van der Waals surface area (Å²) in [5.74, 6) is 0.366. The van der Waals surface area contributed by atoms with Gasteiger partial charge in [-0.05, 0) is 68.2 Å². The molecule has 4 aromatic rings. The maximum atomic E-state index is 13.5. The van der Waals surface area contributed by atoms with Crippen LogP contribution in [0.4, 0.5) is 0 Å². The van der Waals surface area contributed by atoms with Crippen LogP contribution in [-0.4, -0.2) is 58.0 Å². The Bertz CT molecular complexity index is 1570. The molecule has 37 heavy (non-hydrogen) atoms. The highest BCUT2D eigenvalue weighted by atomic mass is 16.5. The highest BCUT2D eigenvalue weighted by molar-refractivity contribution is 5.96. The van der Waals surface area contributed by atoms with Crippen LogP contribution in [0.5, 0.6) is 5.75 Å². The van der Waals surface area contributed by atoms with Gasteiger partial charge in [-0.15, -0.1) is 0 Å². The lowest BCUT2D eigenvalue weighted by Gasteiger charge is -2.26. The number of benzene rings is 1. The minimum absolute atomic E-state index is 0.0172. The van der Waals surface area contributed by atoms with Crippen molar-refractivity contribution in [2.45, 2.75) is 32.7 Å². The van der Waals surface area contributed by atoms with Gasteiger partial charge in [-0.25, -0.2) is 4.98 Å². The first kappa shape index (κ1) is 24.7. The maximum Gasteiger partial charge on any atom is 0.267 e. The second-order valence-corrected chi connectivity index (χ2v) is 9.54. The molecule has 1 fully saturated rings. The van der Waals surface area contributed by atoms with E-state index in [1.165, 1.54) is 29.7 Å². The van der Waals surface area contributed by atoms with Gasteiger partial charge in [-0.2, -0.15) is 0 Å². The van der Waals surface area contributed by atoms with Gasteiger partial charge in [0.1, 0.15) is 22.5 Å². The number of aryl methyl sites for hydroxylation is 1. The molecule has 1 aliphatic rings. The summed E-state index contributed by atoms with van der Waals surface area (Å²) in [6.45, 7) is 5.53. The van der Waals surface area contributed by atoms with Crippen LogP contribution >= 0.6 is 0 Å². The second-order valence-electron chi connectivity index (χ2n) is 9.54. The molecule has 0 atom stereocenters. The van der Waals surface area contributed by atoms with Crippen LogP contribution in [-0.2, 0) is 6.54 Å². The van der Waals surface area contributed by atoms with E-state index in [9.17, 15) is 9.59 Å². The van der Waals surface area contributed by atoms with E-state index in [0.29, 0.717) is 23.2 Å². The fourth-order valence-electron chi connectivity index (χ4n) is 4.94. The molecule has 0 bridgehead atoms. The number of pyridine rings is 2. The quantitative estimate of drug-likeness (QED) is 0.380. The fraction of sp³-hybridized carbons (Fsp3) is 0.357. The number of piperidine rings is 1. The number of ether oxygens (including phenoxy) is 1. The largest absolute Gasteiger partial charge is 0.497 e. The second kappa shape index (κ2) is 10.6. The number of nitrogens with one attached hydrogen (secondary N) is 2. The number of aromatic nitrogens is 3. The number of methoxy groups -OCH3 is 1. The molecule has 2 N–H and O–H groups in total. The highest BCUT2D eigenvalue weighted by Crippen LogP contribution is 2.16. The van der Waals surface area contributed by atoms with E-state index in [1.54, 1.807) is 23.9 Å². The average molecular weight is 501 g/mol. The molecule has 0 unspecified atom stereocenters. The summed E-state index contributed by atoms with van der Waals surface area (Å²) < 4.78 is 8.41. The molecule has 0 saturated carbocycles. The molecule has 1 aliphatic heterocycles. The van der Waals surface area contributed by atoms with Gasteiger partial charge in [-0.3, -0.25) is 19.4 Å². The van der Waals surface area contributed by atoms with Crippen molar-refractivity contribution in [2.75, 3.05) is 33.3 Å². The zero-order chi connectivity index (χ0) is 25.9. The van der Waals surface area contributed by atoms with Crippen molar-refractivity contribution in [2.24, 2.45) is 0 Å². The van der Waals surface area contributed by atoms with Crippen molar-refractivity contribution >= 4 is 22.6 Å². The summed E-state index contributed by atoms with van der Waals surface area (Å²) in [5, 5.41) is 12.2. The molecule has 9 nitrogen and oxygen atoms in total. The van der Waals surface area contributed by atoms with Crippen LogP contribution in [0, 0.1) is 12.3 Å². The third-order valence-electron chi connectivity index (χ3n) is 7.04. The molecule has 0 radical (unpaired) electrons. The van der Waals surface area contributed by atoms with Crippen molar-refractivity contribution < 1.29 is 9.53 Å². The van der Waals surface area contributed by atoms with Gasteiger partial charge in [-0.1, -0.05) is 24.6 Å². The number of rotatable bonds is 7. The van der Waals surface area contributed by atoms with Gasteiger partial charge in [0.2, 0.25) is 0 Å². The first-order chi connectivity index (χ1) is 18.0. The minimum atomic E-state index is -0.360. The Morgan fingerprint density at radius 3 is 2.59 bits per heavy atom. The van der Waals surface area contributed by atoms with Crippen LogP contribution < -0.4 is 21.1 Å². The zero-order valence-electron chi connectivity index (χ0n) is 21.3. The van der Waals surface area contributed by atoms with E-state index in [0.717, 1.165) is 36.5 Å². The summed E-state index contributed by atoms with van der Waals surface area (Å²) in [6.07, 6.45) is 5.31. The van der Waals surface area contributed by atoms with Gasteiger partial charge in [0, 0.05) is 19.3 Å². The molecule has 1 saturated heterocycles. The molecule has 5 rings (SSSR count). The Morgan fingerprint density at radius 1 is 1.11 bits per heavy atom. The van der Waals surface area contributed by atoms with Gasteiger partial charge in [0.05, 0.1) is 24.6 Å². The SMILES string of the molecule is COc1ccc(Cn2c(=N)c(C(=O)NCCN3CCCCC3)cc3c(=O)n4cccc(C)c4nc32)cc1. The lowest BCUT2D eigenvalue weighted by Crippen LogP contribution is -2.40. The molecular weight excluding hydrogens is 468 g/mol. The fourth-order valence-corrected chi connectivity index (χ4v) is 4.94. The summed E-state index contributed by atoms with van der Waals surface area (Å²) in [4.78, 5) is 33.9. The summed E-state index contributed by atoms with van der Waals surface area (Å²) in [5.41, 5.74) is 2.56. The Hall–Kier alpha value is -3.98. The van der Waals surface area contributed by atoms with E-state index in [2.05, 4.69) is 10.2 Å². The number of hydrogen-bond acceptors (Lipinski definition) is 6. The van der Waals surface area contributed by atoms with E-state index < -0.39 is 0 Å². The number of amides is 1. The average Bonchev–Trinajstić information content (AvgIpc) is 2.92. The van der Waals surface area contributed by atoms with Crippen molar-refractivity contribution in [1.29, 1.82) is 5.41 Å². The summed E-state index contributed by atoms with van der Waals surface area (Å²) in [7, 11) is 1.61. The third-order valence-corrected chi connectivity index (χ3v) is 7.04. The summed E-state index contributed by atoms with van der Waals surface area (Å²) in [6, 6.07) is 12.7. The van der Waals surface area contributed by atoms with Crippen LogP contribution in [0.3, 0.4) is 0 Å². The van der Waals surface area contributed by atoms with Gasteiger partial charge in [0.25, 0.3) is 11.5 Å². The van der Waals surface area contributed by atoms with Crippen molar-refractivity contribution in [3.8, 4) is 5.75 Å². The Balaban J connectivity index is 1.58. The van der Waals surface area contributed by atoms with Crippen molar-refractivity contribution in [1.82, 2.24) is 24.2 Å². The van der Waals surface area contributed by atoms with Crippen molar-refractivity contribution in [3.05, 3.63) is 81.2 Å². The van der Waals surface area contributed by atoms with Gasteiger partial charge in [0.15, 0.2) is 0 Å². The van der Waals surface area contributed by atoms with E-state index in [4.69, 9.17) is 15.1 Å². The molecule has 1 aromatic carbocycles. The van der Waals surface area contributed by atoms with E-state index in [1.807, 2.05) is 37.3 Å². The lowest BCUT2D eigenvalue weighted by atomic mass is 10.1. The molecule has 4 heterocycles. The minimum Gasteiger partial charge on any atom is -0.497 e. The Morgan fingerprint density at radius 2 is 1.86 bits per heavy atom.